The van der Waals surface area contributed by atoms with E-state index in [0.29, 0.717) is 18.4 Å². The van der Waals surface area contributed by atoms with Gasteiger partial charge >= 0.3 is 11.9 Å². The average molecular weight is 274 g/mol. The van der Waals surface area contributed by atoms with Gasteiger partial charge in [-0.05, 0) is 43.9 Å². The van der Waals surface area contributed by atoms with Crippen LogP contribution in [0.5, 0.6) is 0 Å². The molecule has 106 valence electrons. The molecule has 0 saturated carbocycles. The summed E-state index contributed by atoms with van der Waals surface area (Å²) < 4.78 is 0. The quantitative estimate of drug-likeness (QED) is 0.780. The molecule has 0 heterocycles. The van der Waals surface area contributed by atoms with Gasteiger partial charge in [0.05, 0.1) is 11.1 Å². The Bertz CT molecular complexity index is 597. The van der Waals surface area contributed by atoms with Crippen LogP contribution < -0.4 is 0 Å². The third-order valence-electron chi connectivity index (χ3n) is 2.82. The normalized spacial score (nSPS) is 10.1. The Labute approximate surface area is 118 Å². The summed E-state index contributed by atoms with van der Waals surface area (Å²) in [5.41, 5.74) is 2.60. The van der Waals surface area contributed by atoms with Crippen molar-refractivity contribution in [1.82, 2.24) is 0 Å². The van der Waals surface area contributed by atoms with Crippen molar-refractivity contribution in [1.29, 1.82) is 0 Å². The van der Waals surface area contributed by atoms with Crippen LogP contribution in [0.3, 0.4) is 0 Å². The van der Waals surface area contributed by atoms with Crippen molar-refractivity contribution < 1.29 is 19.8 Å². The first kappa shape index (κ1) is 15.7. The summed E-state index contributed by atoms with van der Waals surface area (Å²) in [5.74, 6) is -2.48. The fourth-order valence-corrected chi connectivity index (χ4v) is 2.11. The van der Waals surface area contributed by atoms with Gasteiger partial charge in [0.15, 0.2) is 0 Å². The molecule has 0 aliphatic carbocycles. The molecule has 0 unspecified atom stereocenters. The molecule has 0 amide bonds. The van der Waals surface area contributed by atoms with Gasteiger partial charge < -0.3 is 10.2 Å². The third kappa shape index (κ3) is 3.57. The summed E-state index contributed by atoms with van der Waals surface area (Å²) in [5, 5.41) is 18.5. The molecule has 0 radical (unpaired) electrons. The lowest BCUT2D eigenvalue weighted by molar-refractivity contribution is 0.0650. The summed E-state index contributed by atoms with van der Waals surface area (Å²) >= 11 is 0. The Morgan fingerprint density at radius 3 is 1.95 bits per heavy atom. The van der Waals surface area contributed by atoms with Gasteiger partial charge in [-0.3, -0.25) is 0 Å². The van der Waals surface area contributed by atoms with Crippen molar-refractivity contribution >= 4 is 11.9 Å². The molecule has 0 atom stereocenters. The van der Waals surface area contributed by atoms with Crippen molar-refractivity contribution in [2.45, 2.75) is 26.7 Å². The van der Waals surface area contributed by atoms with Gasteiger partial charge in [0.2, 0.25) is 0 Å². The molecule has 0 saturated heterocycles. The number of allylic oxidation sites excluding steroid dienone is 2. The highest BCUT2D eigenvalue weighted by atomic mass is 16.4. The van der Waals surface area contributed by atoms with E-state index in [0.717, 1.165) is 16.7 Å². The van der Waals surface area contributed by atoms with E-state index in [1.807, 2.05) is 6.92 Å². The summed E-state index contributed by atoms with van der Waals surface area (Å²) in [6, 6.07) is 2.99. The number of carbonyl (C=O) groups is 2. The first-order valence-electron chi connectivity index (χ1n) is 6.14. The van der Waals surface area contributed by atoms with Gasteiger partial charge in [-0.25, -0.2) is 9.59 Å². The number of benzene rings is 1. The van der Waals surface area contributed by atoms with Crippen LogP contribution >= 0.6 is 0 Å². The highest BCUT2D eigenvalue weighted by Gasteiger charge is 2.22. The van der Waals surface area contributed by atoms with Gasteiger partial charge in [0.1, 0.15) is 0 Å². The smallest absolute Gasteiger partial charge is 0.336 e. The van der Waals surface area contributed by atoms with E-state index in [1.165, 1.54) is 6.07 Å². The molecule has 0 fully saturated rings. The lowest BCUT2D eigenvalue weighted by Gasteiger charge is -2.15. The first-order chi connectivity index (χ1) is 9.23. The number of carboxylic acids is 2. The molecule has 0 aromatic heterocycles. The van der Waals surface area contributed by atoms with Crippen LogP contribution in [0, 0.1) is 0 Å². The number of carboxylic acid groups (broad SMARTS) is 2. The largest absolute Gasteiger partial charge is 0.478 e. The van der Waals surface area contributed by atoms with Crippen LogP contribution in [0.1, 0.15) is 45.7 Å². The Balaban J connectivity index is 3.60. The highest BCUT2D eigenvalue weighted by Crippen LogP contribution is 2.24. The SMILES string of the molecule is C=C(C)Cc1ccc(C(=O)O)c(C(=O)O)c1CC(=C)C. The third-order valence-corrected chi connectivity index (χ3v) is 2.82. The molecule has 0 bridgehead atoms. The van der Waals surface area contributed by atoms with Gasteiger partial charge in [-0.2, -0.15) is 0 Å². The number of aromatic carboxylic acids is 2. The van der Waals surface area contributed by atoms with E-state index in [1.54, 1.807) is 13.0 Å². The van der Waals surface area contributed by atoms with Crippen molar-refractivity contribution in [3.05, 3.63) is 58.7 Å². The van der Waals surface area contributed by atoms with Crippen LogP contribution in [0.4, 0.5) is 0 Å². The predicted molar refractivity (Wildman–Crippen MR) is 77.4 cm³/mol. The lowest BCUT2D eigenvalue weighted by Crippen LogP contribution is -2.14. The van der Waals surface area contributed by atoms with Crippen LogP contribution in [-0.2, 0) is 12.8 Å². The van der Waals surface area contributed by atoms with Crippen LogP contribution in [0.15, 0.2) is 36.4 Å². The molecule has 0 aliphatic heterocycles. The molecule has 0 spiro atoms. The van der Waals surface area contributed by atoms with Crippen molar-refractivity contribution in [3.8, 4) is 0 Å². The summed E-state index contributed by atoms with van der Waals surface area (Å²) in [7, 11) is 0. The average Bonchev–Trinajstić information content (AvgIpc) is 2.28. The molecule has 1 rings (SSSR count). The molecule has 1 aromatic carbocycles. The zero-order valence-corrected chi connectivity index (χ0v) is 11.7. The first-order valence-corrected chi connectivity index (χ1v) is 6.14. The fourth-order valence-electron chi connectivity index (χ4n) is 2.11. The topological polar surface area (TPSA) is 74.6 Å². The standard InChI is InChI=1S/C16H18O4/c1-9(2)7-11-5-6-12(15(17)18)14(16(19)20)13(11)8-10(3)4/h5-6H,1,3,7-8H2,2,4H3,(H,17,18)(H,19,20). The molecule has 0 aliphatic rings. The Hall–Kier alpha value is -2.36. The maximum atomic E-state index is 11.5. The minimum Gasteiger partial charge on any atom is -0.478 e. The predicted octanol–water partition coefficient (Wildman–Crippen LogP) is 3.32. The number of hydrogen-bond donors (Lipinski definition) is 2. The monoisotopic (exact) mass is 274 g/mol. The van der Waals surface area contributed by atoms with Crippen LogP contribution in [0.25, 0.3) is 0 Å². The lowest BCUT2D eigenvalue weighted by atomic mass is 9.89. The molecule has 4 nitrogen and oxygen atoms in total. The Kier molecular flexibility index (Phi) is 4.86. The highest BCUT2D eigenvalue weighted by molar-refractivity contribution is 6.03. The summed E-state index contributed by atoms with van der Waals surface area (Å²) in [6.45, 7) is 11.2. The molecule has 4 heteroatoms. The molecule has 20 heavy (non-hydrogen) atoms. The van der Waals surface area contributed by atoms with Crippen LogP contribution in [0.2, 0.25) is 0 Å². The Morgan fingerprint density at radius 1 is 1.00 bits per heavy atom. The minimum atomic E-state index is -1.24. The van der Waals surface area contributed by atoms with Crippen molar-refractivity contribution in [2.24, 2.45) is 0 Å². The number of rotatable bonds is 6. The minimum absolute atomic E-state index is 0.153. The second-order valence-corrected chi connectivity index (χ2v) is 5.00. The fraction of sp³-hybridized carbons (Fsp3) is 0.250. The molecular formula is C16H18O4. The summed E-state index contributed by atoms with van der Waals surface area (Å²) in [6.07, 6.45) is 0.855. The zero-order valence-electron chi connectivity index (χ0n) is 11.7. The van der Waals surface area contributed by atoms with Gasteiger partial charge in [-0.1, -0.05) is 30.4 Å². The molecular weight excluding hydrogens is 256 g/mol. The van der Waals surface area contributed by atoms with Crippen molar-refractivity contribution in [2.75, 3.05) is 0 Å². The van der Waals surface area contributed by atoms with E-state index in [2.05, 4.69) is 13.2 Å². The second kappa shape index (κ2) is 6.19. The maximum absolute atomic E-state index is 11.5. The van der Waals surface area contributed by atoms with Crippen LogP contribution in [-0.4, -0.2) is 22.2 Å². The number of hydrogen-bond acceptors (Lipinski definition) is 2. The second-order valence-electron chi connectivity index (χ2n) is 5.00. The van der Waals surface area contributed by atoms with Crippen molar-refractivity contribution in [3.63, 3.8) is 0 Å². The van der Waals surface area contributed by atoms with Gasteiger partial charge in [0, 0.05) is 0 Å². The van der Waals surface area contributed by atoms with Gasteiger partial charge in [0.25, 0.3) is 0 Å². The Morgan fingerprint density at radius 2 is 1.55 bits per heavy atom. The molecule has 2 N–H and O–H groups in total. The zero-order chi connectivity index (χ0) is 15.4. The van der Waals surface area contributed by atoms with E-state index in [9.17, 15) is 14.7 Å². The van der Waals surface area contributed by atoms with E-state index in [-0.39, 0.29) is 11.1 Å². The maximum Gasteiger partial charge on any atom is 0.336 e. The van der Waals surface area contributed by atoms with Gasteiger partial charge in [-0.15, -0.1) is 0 Å². The van der Waals surface area contributed by atoms with E-state index in [4.69, 9.17) is 5.11 Å². The summed E-state index contributed by atoms with van der Waals surface area (Å²) in [4.78, 5) is 22.6. The molecule has 1 aromatic rings. The van der Waals surface area contributed by atoms with E-state index >= 15 is 0 Å². The van der Waals surface area contributed by atoms with E-state index < -0.39 is 11.9 Å².